The van der Waals surface area contributed by atoms with Crippen molar-refractivity contribution < 1.29 is 4.74 Å². The molecular weight excluding hydrogens is 510 g/mol. The first-order valence-electron chi connectivity index (χ1n) is 14.3. The lowest BCUT2D eigenvalue weighted by molar-refractivity contribution is 0.487. The molecule has 0 spiro atoms. The highest BCUT2D eigenvalue weighted by atomic mass is 16.5. The molecule has 0 saturated heterocycles. The van der Waals surface area contributed by atoms with Crippen LogP contribution < -0.4 is 9.64 Å². The third kappa shape index (κ3) is 4.22. The number of benzene rings is 7. The predicted molar refractivity (Wildman–Crippen MR) is 175 cm³/mol. The van der Waals surface area contributed by atoms with Crippen LogP contribution in [0.25, 0.3) is 44.2 Å². The minimum Gasteiger partial charge on any atom is -0.456 e. The summed E-state index contributed by atoms with van der Waals surface area (Å²) in [6, 6.07) is 57.9. The van der Waals surface area contributed by atoms with Crippen LogP contribution in [0.5, 0.6) is 11.5 Å². The molecule has 0 saturated carbocycles. The van der Waals surface area contributed by atoms with Crippen molar-refractivity contribution in [2.24, 2.45) is 0 Å². The van der Waals surface area contributed by atoms with Crippen molar-refractivity contribution in [3.63, 3.8) is 0 Å². The second-order valence-electron chi connectivity index (χ2n) is 10.6. The SMILES string of the molecule is c1ccc(-c2ccc(N(c3ccc(-c4ccccc4)cc3)c3ccc4c(c3)Oc3cccc5cccc-4c35)cc2)cc1. The Bertz CT molecular complexity index is 1940. The van der Waals surface area contributed by atoms with Crippen molar-refractivity contribution in [1.29, 1.82) is 0 Å². The molecule has 7 aromatic carbocycles. The molecule has 1 heterocycles. The van der Waals surface area contributed by atoms with Crippen molar-refractivity contribution in [2.75, 3.05) is 4.90 Å². The van der Waals surface area contributed by atoms with Gasteiger partial charge in [0.15, 0.2) is 0 Å². The fourth-order valence-electron chi connectivity index (χ4n) is 6.01. The van der Waals surface area contributed by atoms with Crippen LogP contribution in [0.4, 0.5) is 17.1 Å². The lowest BCUT2D eigenvalue weighted by Gasteiger charge is -2.28. The average Bonchev–Trinajstić information content (AvgIpc) is 3.06. The van der Waals surface area contributed by atoms with Crippen molar-refractivity contribution in [3.8, 4) is 44.9 Å². The van der Waals surface area contributed by atoms with Crippen LogP contribution in [0.15, 0.2) is 164 Å². The number of hydrogen-bond acceptors (Lipinski definition) is 2. The second-order valence-corrected chi connectivity index (χ2v) is 10.6. The number of hydrogen-bond donors (Lipinski definition) is 0. The van der Waals surface area contributed by atoms with Gasteiger partial charge in [-0.3, -0.25) is 0 Å². The van der Waals surface area contributed by atoms with E-state index in [9.17, 15) is 0 Å². The molecule has 7 aromatic rings. The molecule has 0 bridgehead atoms. The fourth-order valence-corrected chi connectivity index (χ4v) is 6.01. The molecule has 0 amide bonds. The maximum Gasteiger partial charge on any atom is 0.137 e. The van der Waals surface area contributed by atoms with E-state index in [2.05, 4.69) is 169 Å². The molecule has 2 nitrogen and oxygen atoms in total. The van der Waals surface area contributed by atoms with Crippen LogP contribution >= 0.6 is 0 Å². The number of fused-ring (bicyclic) bond motifs is 2. The first-order valence-corrected chi connectivity index (χ1v) is 14.3. The van der Waals surface area contributed by atoms with Gasteiger partial charge >= 0.3 is 0 Å². The summed E-state index contributed by atoms with van der Waals surface area (Å²) < 4.78 is 6.54. The molecule has 8 rings (SSSR count). The van der Waals surface area contributed by atoms with E-state index in [1.54, 1.807) is 0 Å². The largest absolute Gasteiger partial charge is 0.456 e. The maximum absolute atomic E-state index is 6.54. The monoisotopic (exact) mass is 537 g/mol. The van der Waals surface area contributed by atoms with Crippen molar-refractivity contribution in [3.05, 3.63) is 164 Å². The molecule has 0 aliphatic carbocycles. The molecule has 0 fully saturated rings. The van der Waals surface area contributed by atoms with Crippen LogP contribution in [0.1, 0.15) is 0 Å². The van der Waals surface area contributed by atoms with Crippen LogP contribution in [0, 0.1) is 0 Å². The Morgan fingerprint density at radius 3 is 1.48 bits per heavy atom. The van der Waals surface area contributed by atoms with Gasteiger partial charge in [-0.1, -0.05) is 115 Å². The third-order valence-electron chi connectivity index (χ3n) is 8.07. The Kier molecular flexibility index (Phi) is 5.82. The molecule has 198 valence electrons. The number of ether oxygens (including phenoxy) is 1. The summed E-state index contributed by atoms with van der Waals surface area (Å²) in [6.07, 6.45) is 0. The van der Waals surface area contributed by atoms with Crippen molar-refractivity contribution in [1.82, 2.24) is 0 Å². The van der Waals surface area contributed by atoms with Gasteiger partial charge in [-0.15, -0.1) is 0 Å². The van der Waals surface area contributed by atoms with Crippen LogP contribution in [0.2, 0.25) is 0 Å². The number of nitrogens with zero attached hydrogens (tertiary/aromatic N) is 1. The zero-order chi connectivity index (χ0) is 27.9. The summed E-state index contributed by atoms with van der Waals surface area (Å²) in [5, 5.41) is 2.36. The van der Waals surface area contributed by atoms with E-state index in [1.807, 2.05) is 0 Å². The van der Waals surface area contributed by atoms with Crippen LogP contribution in [0.3, 0.4) is 0 Å². The first kappa shape index (κ1) is 24.2. The predicted octanol–water partition coefficient (Wildman–Crippen LogP) is 11.4. The zero-order valence-electron chi connectivity index (χ0n) is 22.9. The highest BCUT2D eigenvalue weighted by molar-refractivity contribution is 6.04. The van der Waals surface area contributed by atoms with Gasteiger partial charge in [0.25, 0.3) is 0 Å². The second kappa shape index (κ2) is 10.1. The molecule has 1 aliphatic heterocycles. The Balaban J connectivity index is 1.24. The summed E-state index contributed by atoms with van der Waals surface area (Å²) >= 11 is 0. The molecule has 0 atom stereocenters. The zero-order valence-corrected chi connectivity index (χ0v) is 22.9. The molecular formula is C40H27NO. The van der Waals surface area contributed by atoms with Gasteiger partial charge in [-0.25, -0.2) is 0 Å². The Morgan fingerprint density at radius 1 is 0.357 bits per heavy atom. The van der Waals surface area contributed by atoms with Gasteiger partial charge in [0.2, 0.25) is 0 Å². The van der Waals surface area contributed by atoms with Gasteiger partial charge in [0.1, 0.15) is 11.5 Å². The van der Waals surface area contributed by atoms with Gasteiger partial charge < -0.3 is 9.64 Å². The van der Waals surface area contributed by atoms with E-state index in [0.29, 0.717) is 0 Å². The van der Waals surface area contributed by atoms with E-state index in [-0.39, 0.29) is 0 Å². The van der Waals surface area contributed by atoms with E-state index >= 15 is 0 Å². The summed E-state index contributed by atoms with van der Waals surface area (Å²) in [4.78, 5) is 2.30. The third-order valence-corrected chi connectivity index (χ3v) is 8.07. The number of anilines is 3. The molecule has 0 N–H and O–H groups in total. The summed E-state index contributed by atoms with van der Waals surface area (Å²) in [7, 11) is 0. The van der Waals surface area contributed by atoms with E-state index < -0.39 is 0 Å². The summed E-state index contributed by atoms with van der Waals surface area (Å²) in [5.74, 6) is 1.77. The molecule has 42 heavy (non-hydrogen) atoms. The van der Waals surface area contributed by atoms with E-state index in [0.717, 1.165) is 34.1 Å². The molecule has 2 heteroatoms. The Labute approximate surface area is 245 Å². The minimum absolute atomic E-state index is 0.866. The van der Waals surface area contributed by atoms with Crippen molar-refractivity contribution in [2.45, 2.75) is 0 Å². The van der Waals surface area contributed by atoms with Crippen LogP contribution in [-0.4, -0.2) is 0 Å². The van der Waals surface area contributed by atoms with Crippen molar-refractivity contribution >= 4 is 27.8 Å². The van der Waals surface area contributed by atoms with Crippen LogP contribution in [-0.2, 0) is 0 Å². The minimum atomic E-state index is 0.866. The highest BCUT2D eigenvalue weighted by Gasteiger charge is 2.22. The average molecular weight is 538 g/mol. The smallest absolute Gasteiger partial charge is 0.137 e. The van der Waals surface area contributed by atoms with Gasteiger partial charge in [-0.2, -0.15) is 0 Å². The molecule has 0 aromatic heterocycles. The first-order chi connectivity index (χ1) is 20.8. The number of rotatable bonds is 5. The Hall–Kier alpha value is -5.60. The fraction of sp³-hybridized carbons (Fsp3) is 0. The normalized spacial score (nSPS) is 11.5. The van der Waals surface area contributed by atoms with Gasteiger partial charge in [0, 0.05) is 34.1 Å². The van der Waals surface area contributed by atoms with Gasteiger partial charge in [-0.05, 0) is 75.7 Å². The molecule has 1 aliphatic rings. The van der Waals surface area contributed by atoms with E-state index in [4.69, 9.17) is 4.74 Å². The lowest BCUT2D eigenvalue weighted by Crippen LogP contribution is -2.10. The summed E-state index contributed by atoms with van der Waals surface area (Å²) in [5.41, 5.74) is 10.3. The lowest BCUT2D eigenvalue weighted by atomic mass is 9.94. The topological polar surface area (TPSA) is 12.5 Å². The Morgan fingerprint density at radius 2 is 0.881 bits per heavy atom. The maximum atomic E-state index is 6.54. The molecule has 0 unspecified atom stereocenters. The standard InChI is InChI=1S/C40H27NO/c1-3-9-28(10-4-1)30-17-21-33(22-18-30)41(34-23-19-31(20-24-34)29-11-5-2-6-12-29)35-25-26-36-37-15-7-13-32-14-8-16-38(40(32)37)42-39(36)27-35/h1-27H. The van der Waals surface area contributed by atoms with E-state index in [1.165, 1.54) is 38.6 Å². The van der Waals surface area contributed by atoms with Gasteiger partial charge in [0.05, 0.1) is 0 Å². The molecule has 0 radical (unpaired) electrons. The summed E-state index contributed by atoms with van der Waals surface area (Å²) in [6.45, 7) is 0. The highest BCUT2D eigenvalue weighted by Crippen LogP contribution is 2.48. The quantitative estimate of drug-likeness (QED) is 0.216.